The number of nitrogens with one attached hydrogen (secondary N) is 1. The average Bonchev–Trinajstić information content (AvgIpc) is 2.77. The van der Waals surface area contributed by atoms with Crippen molar-refractivity contribution in [1.29, 1.82) is 0 Å². The van der Waals surface area contributed by atoms with E-state index < -0.39 is 12.0 Å². The van der Waals surface area contributed by atoms with Crippen LogP contribution < -0.4 is 5.32 Å². The van der Waals surface area contributed by atoms with E-state index in [4.69, 9.17) is 5.11 Å². The minimum atomic E-state index is -0.894. The van der Waals surface area contributed by atoms with E-state index in [-0.39, 0.29) is 0 Å². The molecule has 1 aliphatic heterocycles. The highest BCUT2D eigenvalue weighted by Gasteiger charge is 2.14. The van der Waals surface area contributed by atoms with Gasteiger partial charge in [-0.2, -0.15) is 5.10 Å². The Labute approximate surface area is 99.4 Å². The van der Waals surface area contributed by atoms with Crippen LogP contribution in [0.2, 0.25) is 0 Å². The number of rotatable bonds is 3. The number of nitrogens with zero attached hydrogens (tertiary/aromatic N) is 3. The van der Waals surface area contributed by atoms with Crippen LogP contribution in [0, 0.1) is 0 Å². The second kappa shape index (κ2) is 4.99. The molecule has 0 radical (unpaired) electrons. The molecule has 92 valence electrons. The van der Waals surface area contributed by atoms with E-state index in [2.05, 4.69) is 15.4 Å². The van der Waals surface area contributed by atoms with Crippen molar-refractivity contribution in [3.8, 4) is 0 Å². The van der Waals surface area contributed by atoms with Crippen molar-refractivity contribution in [3.63, 3.8) is 0 Å². The van der Waals surface area contributed by atoms with Crippen LogP contribution in [0.15, 0.2) is 17.4 Å². The first-order valence-corrected chi connectivity index (χ1v) is 5.74. The summed E-state index contributed by atoms with van der Waals surface area (Å²) in [5.41, 5.74) is 0.791. The number of hydrogen-bond acceptors (Lipinski definition) is 4. The molecule has 1 aromatic heterocycles. The Hall–Kier alpha value is -1.85. The van der Waals surface area contributed by atoms with E-state index in [0.29, 0.717) is 0 Å². The van der Waals surface area contributed by atoms with E-state index in [1.165, 1.54) is 4.68 Å². The Bertz CT molecular complexity index is 438. The number of aliphatic imine (C=N–C) groups is 1. The first kappa shape index (κ1) is 11.6. The minimum Gasteiger partial charge on any atom is -0.480 e. The fraction of sp³-hybridized carbons (Fsp3) is 0.545. The van der Waals surface area contributed by atoms with Crippen LogP contribution in [-0.4, -0.2) is 33.2 Å². The van der Waals surface area contributed by atoms with Gasteiger partial charge >= 0.3 is 5.97 Å². The molecule has 0 fully saturated rings. The zero-order valence-corrected chi connectivity index (χ0v) is 9.76. The van der Waals surface area contributed by atoms with Gasteiger partial charge in [0.05, 0.1) is 11.9 Å². The van der Waals surface area contributed by atoms with E-state index in [0.717, 1.165) is 37.3 Å². The third kappa shape index (κ3) is 2.83. The summed E-state index contributed by atoms with van der Waals surface area (Å²) < 4.78 is 1.42. The first-order valence-electron chi connectivity index (χ1n) is 5.74. The standard InChI is InChI=1S/C11H16N4O2/c1-8(11(16)17)15-7-9(6-13-15)14-10-4-2-3-5-12-10/h6-8H,2-5H2,1H3,(H,12,14)(H,16,17)/t8-/m1/s1. The van der Waals surface area contributed by atoms with Crippen molar-refractivity contribution in [2.75, 3.05) is 11.9 Å². The van der Waals surface area contributed by atoms with Crippen molar-refractivity contribution in [3.05, 3.63) is 12.4 Å². The lowest BCUT2D eigenvalue weighted by atomic mass is 10.2. The molecular formula is C11H16N4O2. The van der Waals surface area contributed by atoms with Crippen LogP contribution in [-0.2, 0) is 4.79 Å². The van der Waals surface area contributed by atoms with Crippen LogP contribution in [0.4, 0.5) is 5.69 Å². The molecule has 0 saturated heterocycles. The van der Waals surface area contributed by atoms with Crippen LogP contribution >= 0.6 is 0 Å². The van der Waals surface area contributed by atoms with Crippen molar-refractivity contribution in [2.45, 2.75) is 32.2 Å². The lowest BCUT2D eigenvalue weighted by Gasteiger charge is -2.12. The average molecular weight is 236 g/mol. The Balaban J connectivity index is 2.03. The van der Waals surface area contributed by atoms with Gasteiger partial charge in [-0.25, -0.2) is 4.79 Å². The minimum absolute atomic E-state index is 0.654. The lowest BCUT2D eigenvalue weighted by Crippen LogP contribution is -2.17. The van der Waals surface area contributed by atoms with Gasteiger partial charge in [-0.15, -0.1) is 0 Å². The quantitative estimate of drug-likeness (QED) is 0.834. The van der Waals surface area contributed by atoms with Crippen molar-refractivity contribution < 1.29 is 9.90 Å². The number of carboxylic acid groups (broad SMARTS) is 1. The summed E-state index contributed by atoms with van der Waals surface area (Å²) in [6.07, 6.45) is 6.54. The van der Waals surface area contributed by atoms with Crippen molar-refractivity contribution in [1.82, 2.24) is 9.78 Å². The number of amidine groups is 1. The molecule has 6 nitrogen and oxygen atoms in total. The Morgan fingerprint density at radius 2 is 2.41 bits per heavy atom. The van der Waals surface area contributed by atoms with Crippen LogP contribution in [0.3, 0.4) is 0 Å². The van der Waals surface area contributed by atoms with Gasteiger partial charge in [-0.05, 0) is 19.8 Å². The van der Waals surface area contributed by atoms with Gasteiger partial charge < -0.3 is 10.4 Å². The molecule has 0 saturated carbocycles. The second-order valence-electron chi connectivity index (χ2n) is 4.13. The zero-order chi connectivity index (χ0) is 12.3. The van der Waals surface area contributed by atoms with Crippen LogP contribution in [0.5, 0.6) is 0 Å². The maximum atomic E-state index is 10.8. The molecule has 17 heavy (non-hydrogen) atoms. The van der Waals surface area contributed by atoms with E-state index in [9.17, 15) is 4.79 Å². The fourth-order valence-electron chi connectivity index (χ4n) is 1.69. The molecule has 0 unspecified atom stereocenters. The van der Waals surface area contributed by atoms with Gasteiger partial charge in [0.15, 0.2) is 0 Å². The SMILES string of the molecule is C[C@H](C(=O)O)n1cc(NC2=NCCCC2)cn1. The number of anilines is 1. The third-order valence-electron chi connectivity index (χ3n) is 2.77. The monoisotopic (exact) mass is 236 g/mol. The van der Waals surface area contributed by atoms with Crippen molar-refractivity contribution in [2.24, 2.45) is 4.99 Å². The topological polar surface area (TPSA) is 79.5 Å². The molecule has 0 spiro atoms. The Morgan fingerprint density at radius 3 is 3.06 bits per heavy atom. The molecule has 2 heterocycles. The number of aliphatic carboxylic acids is 1. The maximum Gasteiger partial charge on any atom is 0.328 e. The summed E-state index contributed by atoms with van der Waals surface area (Å²) in [5, 5.41) is 16.1. The highest BCUT2D eigenvalue weighted by Crippen LogP contribution is 2.13. The van der Waals surface area contributed by atoms with Gasteiger partial charge in [-0.1, -0.05) is 0 Å². The van der Waals surface area contributed by atoms with E-state index in [1.54, 1.807) is 19.3 Å². The molecule has 0 amide bonds. The predicted octanol–water partition coefficient (Wildman–Crippen LogP) is 1.52. The molecule has 6 heteroatoms. The molecule has 1 aromatic rings. The lowest BCUT2D eigenvalue weighted by molar-refractivity contribution is -0.140. The summed E-state index contributed by atoms with van der Waals surface area (Å²) >= 11 is 0. The molecule has 2 rings (SSSR count). The summed E-state index contributed by atoms with van der Waals surface area (Å²) in [4.78, 5) is 15.2. The zero-order valence-electron chi connectivity index (χ0n) is 9.76. The van der Waals surface area contributed by atoms with Gasteiger partial charge in [-0.3, -0.25) is 9.67 Å². The van der Waals surface area contributed by atoms with Gasteiger partial charge in [0.25, 0.3) is 0 Å². The van der Waals surface area contributed by atoms with Crippen molar-refractivity contribution >= 4 is 17.5 Å². The largest absolute Gasteiger partial charge is 0.480 e. The highest BCUT2D eigenvalue weighted by molar-refractivity contribution is 5.95. The number of aromatic nitrogens is 2. The summed E-state index contributed by atoms with van der Waals surface area (Å²) in [6.45, 7) is 2.46. The summed E-state index contributed by atoms with van der Waals surface area (Å²) in [7, 11) is 0. The molecular weight excluding hydrogens is 220 g/mol. The van der Waals surface area contributed by atoms with Crippen LogP contribution in [0.25, 0.3) is 0 Å². The molecule has 0 aromatic carbocycles. The smallest absolute Gasteiger partial charge is 0.328 e. The maximum absolute atomic E-state index is 10.8. The normalized spacial score (nSPS) is 17.4. The Morgan fingerprint density at radius 1 is 1.59 bits per heavy atom. The number of hydrogen-bond donors (Lipinski definition) is 2. The van der Waals surface area contributed by atoms with Crippen LogP contribution in [0.1, 0.15) is 32.2 Å². The highest BCUT2D eigenvalue weighted by atomic mass is 16.4. The fourth-order valence-corrected chi connectivity index (χ4v) is 1.69. The summed E-state index contributed by atoms with van der Waals surface area (Å²) in [5.74, 6) is 0.0634. The molecule has 1 atom stereocenters. The molecule has 1 aliphatic rings. The molecule has 0 bridgehead atoms. The molecule has 2 N–H and O–H groups in total. The number of carbonyl (C=O) groups is 1. The van der Waals surface area contributed by atoms with E-state index in [1.807, 2.05) is 0 Å². The van der Waals surface area contributed by atoms with Gasteiger partial charge in [0.2, 0.25) is 0 Å². The number of carboxylic acids is 1. The van der Waals surface area contributed by atoms with Gasteiger partial charge in [0.1, 0.15) is 11.9 Å². The second-order valence-corrected chi connectivity index (χ2v) is 4.13. The Kier molecular flexibility index (Phi) is 3.41. The van der Waals surface area contributed by atoms with Gasteiger partial charge in [0, 0.05) is 19.2 Å². The molecule has 0 aliphatic carbocycles. The van der Waals surface area contributed by atoms with E-state index >= 15 is 0 Å². The first-order chi connectivity index (χ1) is 8.16. The summed E-state index contributed by atoms with van der Waals surface area (Å²) in [6, 6.07) is -0.654. The predicted molar refractivity (Wildman–Crippen MR) is 64.3 cm³/mol. The third-order valence-corrected chi connectivity index (χ3v) is 2.77.